The number of alkyl halides is 3. The van der Waals surface area contributed by atoms with E-state index < -0.39 is 34.1 Å². The van der Waals surface area contributed by atoms with Gasteiger partial charge in [-0.1, -0.05) is 6.07 Å². The molecule has 140 valence electrons. The van der Waals surface area contributed by atoms with Crippen LogP contribution in [-0.4, -0.2) is 16.9 Å². The van der Waals surface area contributed by atoms with Gasteiger partial charge in [0.1, 0.15) is 5.54 Å². The number of non-ortho nitro benzene ring substituents is 1. The Morgan fingerprint density at radius 3 is 2.30 bits per heavy atom. The fourth-order valence-electron chi connectivity index (χ4n) is 2.81. The summed E-state index contributed by atoms with van der Waals surface area (Å²) in [4.78, 5) is 35.9. The quantitative estimate of drug-likeness (QED) is 0.501. The molecule has 1 atom stereocenters. The van der Waals surface area contributed by atoms with Gasteiger partial charge in [-0.2, -0.15) is 13.2 Å². The van der Waals surface area contributed by atoms with Gasteiger partial charge in [0.15, 0.2) is 0 Å². The molecule has 27 heavy (non-hydrogen) atoms. The normalized spacial score (nSPS) is 19.9. The number of carbonyl (C=O) groups excluding carboxylic acids is 2. The molecule has 1 fully saturated rings. The van der Waals surface area contributed by atoms with Gasteiger partial charge in [0.25, 0.3) is 11.6 Å². The SMILES string of the molecule is CC1(c2ccc([N+](=O)[O-])cc2)NC(=O)N(c2cccc(C(F)(F)F)c2)C1=O. The maximum absolute atomic E-state index is 12.9. The van der Waals surface area contributed by atoms with Gasteiger partial charge in [0.05, 0.1) is 16.2 Å². The molecule has 0 spiro atoms. The van der Waals surface area contributed by atoms with Crippen LogP contribution in [0.1, 0.15) is 18.1 Å². The second kappa shape index (κ2) is 6.08. The Morgan fingerprint density at radius 2 is 1.74 bits per heavy atom. The number of halogens is 3. The molecule has 3 amide bonds. The average molecular weight is 379 g/mol. The molecule has 1 aliphatic rings. The number of urea groups is 1. The van der Waals surface area contributed by atoms with Crippen molar-refractivity contribution in [1.82, 2.24) is 5.32 Å². The third kappa shape index (κ3) is 3.09. The highest BCUT2D eigenvalue weighted by molar-refractivity contribution is 6.23. The highest BCUT2D eigenvalue weighted by Crippen LogP contribution is 2.36. The number of hydrogen-bond donors (Lipinski definition) is 1. The molecule has 1 unspecified atom stereocenters. The van der Waals surface area contributed by atoms with Crippen LogP contribution in [0.15, 0.2) is 48.5 Å². The minimum absolute atomic E-state index is 0.200. The van der Waals surface area contributed by atoms with Crippen LogP contribution in [0, 0.1) is 10.1 Å². The topological polar surface area (TPSA) is 92.6 Å². The van der Waals surface area contributed by atoms with E-state index >= 15 is 0 Å². The molecule has 2 aromatic rings. The maximum atomic E-state index is 12.9. The zero-order valence-electron chi connectivity index (χ0n) is 13.8. The number of rotatable bonds is 3. The van der Waals surface area contributed by atoms with Crippen molar-refractivity contribution in [3.8, 4) is 0 Å². The third-order valence-corrected chi connectivity index (χ3v) is 4.28. The molecular weight excluding hydrogens is 367 g/mol. The lowest BCUT2D eigenvalue weighted by molar-refractivity contribution is -0.384. The van der Waals surface area contributed by atoms with E-state index in [9.17, 15) is 32.9 Å². The minimum Gasteiger partial charge on any atom is -0.319 e. The summed E-state index contributed by atoms with van der Waals surface area (Å²) in [6, 6.07) is 7.93. The highest BCUT2D eigenvalue weighted by atomic mass is 19.4. The van der Waals surface area contributed by atoms with Crippen LogP contribution < -0.4 is 10.2 Å². The molecule has 0 radical (unpaired) electrons. The molecule has 10 heteroatoms. The van der Waals surface area contributed by atoms with Crippen LogP contribution in [0.2, 0.25) is 0 Å². The van der Waals surface area contributed by atoms with Gasteiger partial charge in [0.2, 0.25) is 0 Å². The van der Waals surface area contributed by atoms with E-state index in [0.717, 1.165) is 12.1 Å². The van der Waals surface area contributed by atoms with Gasteiger partial charge < -0.3 is 5.32 Å². The Labute approximate surface area is 150 Å². The zero-order chi connectivity index (χ0) is 20.0. The van der Waals surface area contributed by atoms with E-state index in [0.29, 0.717) is 11.0 Å². The van der Waals surface area contributed by atoms with Crippen LogP contribution >= 0.6 is 0 Å². The summed E-state index contributed by atoms with van der Waals surface area (Å²) in [5.41, 5.74) is -2.72. The van der Waals surface area contributed by atoms with Gasteiger partial charge in [0, 0.05) is 12.1 Å². The van der Waals surface area contributed by atoms with Crippen molar-refractivity contribution < 1.29 is 27.7 Å². The van der Waals surface area contributed by atoms with Crippen molar-refractivity contribution in [3.63, 3.8) is 0 Å². The molecule has 7 nitrogen and oxygen atoms in total. The fourth-order valence-corrected chi connectivity index (χ4v) is 2.81. The number of nitrogens with zero attached hydrogens (tertiary/aromatic N) is 2. The first-order chi connectivity index (χ1) is 12.5. The molecule has 0 bridgehead atoms. The Morgan fingerprint density at radius 1 is 1.11 bits per heavy atom. The van der Waals surface area contributed by atoms with Crippen LogP contribution in [0.25, 0.3) is 0 Å². The fraction of sp³-hybridized carbons (Fsp3) is 0.176. The lowest BCUT2D eigenvalue weighted by Gasteiger charge is -2.22. The number of anilines is 1. The summed E-state index contributed by atoms with van der Waals surface area (Å²) in [5, 5.41) is 13.2. The van der Waals surface area contributed by atoms with E-state index in [-0.39, 0.29) is 16.9 Å². The summed E-state index contributed by atoms with van der Waals surface area (Å²) < 4.78 is 38.7. The Bertz CT molecular complexity index is 943. The van der Waals surface area contributed by atoms with Crippen molar-refractivity contribution in [3.05, 3.63) is 69.8 Å². The van der Waals surface area contributed by atoms with Crippen molar-refractivity contribution in [2.24, 2.45) is 0 Å². The van der Waals surface area contributed by atoms with Crippen LogP contribution in [0.3, 0.4) is 0 Å². The van der Waals surface area contributed by atoms with E-state index in [1.807, 2.05) is 0 Å². The molecule has 0 saturated carbocycles. The van der Waals surface area contributed by atoms with Gasteiger partial charge in [-0.15, -0.1) is 0 Å². The number of hydrogen-bond acceptors (Lipinski definition) is 4. The molecule has 1 heterocycles. The van der Waals surface area contributed by atoms with E-state index in [2.05, 4.69) is 5.32 Å². The van der Waals surface area contributed by atoms with Crippen molar-refractivity contribution in [2.75, 3.05) is 4.90 Å². The standard InChI is InChI=1S/C17H12F3N3O4/c1-16(10-5-7-12(8-6-10)23(26)27)14(24)22(15(25)21-16)13-4-2-3-11(9-13)17(18,19)20/h2-9H,1H3,(H,21,25). The lowest BCUT2D eigenvalue weighted by atomic mass is 9.92. The summed E-state index contributed by atoms with van der Waals surface area (Å²) >= 11 is 0. The Balaban J connectivity index is 1.99. The molecular formula is C17H12F3N3O4. The third-order valence-electron chi connectivity index (χ3n) is 4.28. The van der Waals surface area contributed by atoms with E-state index in [4.69, 9.17) is 0 Å². The second-order valence-corrected chi connectivity index (χ2v) is 6.05. The first-order valence-electron chi connectivity index (χ1n) is 7.63. The van der Waals surface area contributed by atoms with Gasteiger partial charge in [-0.25, -0.2) is 9.69 Å². The molecule has 0 aliphatic carbocycles. The number of nitro groups is 1. The van der Waals surface area contributed by atoms with Gasteiger partial charge >= 0.3 is 12.2 Å². The van der Waals surface area contributed by atoms with Crippen LogP contribution in [0.5, 0.6) is 0 Å². The van der Waals surface area contributed by atoms with Crippen LogP contribution in [-0.2, 0) is 16.5 Å². The predicted molar refractivity (Wildman–Crippen MR) is 87.9 cm³/mol. The summed E-state index contributed by atoms with van der Waals surface area (Å²) in [7, 11) is 0. The summed E-state index contributed by atoms with van der Waals surface area (Å²) in [5.74, 6) is -0.791. The van der Waals surface area contributed by atoms with Gasteiger partial charge in [-0.3, -0.25) is 14.9 Å². The summed E-state index contributed by atoms with van der Waals surface area (Å²) in [6.45, 7) is 1.38. The minimum atomic E-state index is -4.63. The molecule has 1 saturated heterocycles. The number of carbonyl (C=O) groups is 2. The summed E-state index contributed by atoms with van der Waals surface area (Å²) in [6.07, 6.45) is -4.63. The monoisotopic (exact) mass is 379 g/mol. The maximum Gasteiger partial charge on any atom is 0.416 e. The second-order valence-electron chi connectivity index (χ2n) is 6.05. The molecule has 2 aromatic carbocycles. The Kier molecular flexibility index (Phi) is 4.13. The Hall–Kier alpha value is -3.43. The number of nitro benzene ring substituents is 1. The highest BCUT2D eigenvalue weighted by Gasteiger charge is 2.50. The molecule has 1 N–H and O–H groups in total. The lowest BCUT2D eigenvalue weighted by Crippen LogP contribution is -2.40. The van der Waals surface area contributed by atoms with E-state index in [1.165, 1.54) is 37.3 Å². The van der Waals surface area contributed by atoms with Gasteiger partial charge in [-0.05, 0) is 42.8 Å². The van der Waals surface area contributed by atoms with Crippen molar-refractivity contribution >= 4 is 23.3 Å². The zero-order valence-corrected chi connectivity index (χ0v) is 13.8. The molecule has 1 aliphatic heterocycles. The average Bonchev–Trinajstić information content (AvgIpc) is 2.84. The number of nitrogens with one attached hydrogen (secondary N) is 1. The van der Waals surface area contributed by atoms with Crippen LogP contribution in [0.4, 0.5) is 29.3 Å². The number of benzene rings is 2. The number of amides is 3. The first kappa shape index (κ1) is 18.4. The molecule has 0 aromatic heterocycles. The largest absolute Gasteiger partial charge is 0.416 e. The smallest absolute Gasteiger partial charge is 0.319 e. The molecule has 3 rings (SSSR count). The number of imide groups is 1. The van der Waals surface area contributed by atoms with Crippen molar-refractivity contribution in [1.29, 1.82) is 0 Å². The predicted octanol–water partition coefficient (Wildman–Crippen LogP) is 3.59. The van der Waals surface area contributed by atoms with Crippen molar-refractivity contribution in [2.45, 2.75) is 18.6 Å². The first-order valence-corrected chi connectivity index (χ1v) is 7.63. The van der Waals surface area contributed by atoms with E-state index in [1.54, 1.807) is 0 Å².